The van der Waals surface area contributed by atoms with E-state index in [1.165, 1.54) is 24.3 Å². The van der Waals surface area contributed by atoms with E-state index in [4.69, 9.17) is 0 Å². The molecule has 2 N–H and O–H groups in total. The Hall–Kier alpha value is -3.26. The Morgan fingerprint density at radius 3 is 2.37 bits per heavy atom. The SMILES string of the molecule is Cc1cc(=O)n([C@@H](CC(C)C)C(=O)N[C@H](CC(=O)O)c2csc(-c3c(C)cccc3C)c2)cc1F. The van der Waals surface area contributed by atoms with Gasteiger partial charge in [0, 0.05) is 17.1 Å². The molecule has 0 bridgehead atoms. The molecule has 0 saturated carbocycles. The highest BCUT2D eigenvalue weighted by Gasteiger charge is 2.28. The standard InChI is InChI=1S/C27H31FN2O4S/c1-15(2)9-22(30-13-20(28)18(5)10-24(30)31)27(34)29-21(12-25(32)33)19-11-23(35-14-19)26-16(3)7-6-8-17(26)4/h6-8,10-11,13-15,21-22H,9,12H2,1-5H3,(H,29,34)(H,32,33)/t21-,22+/m1/s1. The summed E-state index contributed by atoms with van der Waals surface area (Å²) in [5.74, 6) is -2.12. The van der Waals surface area contributed by atoms with E-state index < -0.39 is 35.3 Å². The van der Waals surface area contributed by atoms with Gasteiger partial charge in [-0.25, -0.2) is 4.39 Å². The molecule has 0 aliphatic carbocycles. The molecule has 0 aliphatic heterocycles. The second kappa shape index (κ2) is 11.0. The van der Waals surface area contributed by atoms with Crippen LogP contribution in [0, 0.1) is 32.5 Å². The zero-order chi connectivity index (χ0) is 25.9. The van der Waals surface area contributed by atoms with Crippen LogP contribution in [0.25, 0.3) is 10.4 Å². The van der Waals surface area contributed by atoms with Gasteiger partial charge in [-0.1, -0.05) is 32.0 Å². The summed E-state index contributed by atoms with van der Waals surface area (Å²) < 4.78 is 15.4. The second-order valence-corrected chi connectivity index (χ2v) is 10.3. The van der Waals surface area contributed by atoms with Crippen LogP contribution in [0.3, 0.4) is 0 Å². The van der Waals surface area contributed by atoms with E-state index in [9.17, 15) is 23.9 Å². The highest BCUT2D eigenvalue weighted by atomic mass is 32.1. The first-order valence-corrected chi connectivity index (χ1v) is 12.4. The average molecular weight is 499 g/mol. The van der Waals surface area contributed by atoms with Gasteiger partial charge in [-0.3, -0.25) is 14.4 Å². The molecular formula is C27H31FN2O4S. The van der Waals surface area contributed by atoms with Crippen molar-refractivity contribution < 1.29 is 19.1 Å². The molecule has 2 atom stereocenters. The van der Waals surface area contributed by atoms with Crippen LogP contribution in [0.15, 0.2) is 46.7 Å². The van der Waals surface area contributed by atoms with Gasteiger partial charge in [0.1, 0.15) is 11.9 Å². The Morgan fingerprint density at radius 2 is 1.77 bits per heavy atom. The Balaban J connectivity index is 1.96. The molecule has 2 aromatic heterocycles. The lowest BCUT2D eigenvalue weighted by Gasteiger charge is -2.24. The maximum absolute atomic E-state index is 14.3. The van der Waals surface area contributed by atoms with Crippen molar-refractivity contribution in [1.29, 1.82) is 0 Å². The number of halogens is 1. The Kier molecular flexibility index (Phi) is 8.27. The molecule has 186 valence electrons. The predicted octanol–water partition coefficient (Wildman–Crippen LogP) is 5.56. The van der Waals surface area contributed by atoms with Crippen molar-refractivity contribution in [3.63, 3.8) is 0 Å². The molecule has 3 aromatic rings. The van der Waals surface area contributed by atoms with E-state index in [1.807, 2.05) is 57.3 Å². The van der Waals surface area contributed by atoms with Crippen LogP contribution < -0.4 is 10.9 Å². The fourth-order valence-corrected chi connectivity index (χ4v) is 5.36. The number of aromatic nitrogens is 1. The van der Waals surface area contributed by atoms with Gasteiger partial charge >= 0.3 is 5.97 Å². The number of aryl methyl sites for hydroxylation is 3. The summed E-state index contributed by atoms with van der Waals surface area (Å²) in [6.45, 7) is 9.34. The number of benzene rings is 1. The van der Waals surface area contributed by atoms with E-state index in [1.54, 1.807) is 0 Å². The topological polar surface area (TPSA) is 88.4 Å². The third kappa shape index (κ3) is 6.25. The lowest BCUT2D eigenvalue weighted by Crippen LogP contribution is -2.40. The van der Waals surface area contributed by atoms with Crippen molar-refractivity contribution in [2.45, 2.75) is 59.5 Å². The van der Waals surface area contributed by atoms with Gasteiger partial charge in [0.2, 0.25) is 5.91 Å². The summed E-state index contributed by atoms with van der Waals surface area (Å²) in [5, 5.41) is 14.2. The lowest BCUT2D eigenvalue weighted by molar-refractivity contribution is -0.138. The first-order valence-electron chi connectivity index (χ1n) is 11.5. The highest BCUT2D eigenvalue weighted by molar-refractivity contribution is 7.13. The van der Waals surface area contributed by atoms with Crippen LogP contribution >= 0.6 is 11.3 Å². The zero-order valence-corrected chi connectivity index (χ0v) is 21.4. The molecule has 3 rings (SSSR count). The fraction of sp³-hybridized carbons (Fsp3) is 0.370. The number of hydrogen-bond acceptors (Lipinski definition) is 4. The molecule has 0 radical (unpaired) electrons. The first kappa shape index (κ1) is 26.3. The Bertz CT molecular complexity index is 1270. The largest absolute Gasteiger partial charge is 0.481 e. The number of rotatable bonds is 9. The molecule has 0 unspecified atom stereocenters. The number of aliphatic carboxylic acids is 1. The number of pyridine rings is 1. The van der Waals surface area contributed by atoms with E-state index in [-0.39, 0.29) is 17.9 Å². The van der Waals surface area contributed by atoms with Gasteiger partial charge < -0.3 is 15.0 Å². The van der Waals surface area contributed by atoms with Crippen molar-refractivity contribution in [2.24, 2.45) is 5.92 Å². The second-order valence-electron chi connectivity index (χ2n) is 9.37. The minimum Gasteiger partial charge on any atom is -0.481 e. The summed E-state index contributed by atoms with van der Waals surface area (Å²) in [4.78, 5) is 38.6. The van der Waals surface area contributed by atoms with Crippen molar-refractivity contribution in [3.05, 3.63) is 80.3 Å². The monoisotopic (exact) mass is 498 g/mol. The maximum atomic E-state index is 14.3. The van der Waals surface area contributed by atoms with Crippen LogP contribution in [0.1, 0.15) is 61.0 Å². The van der Waals surface area contributed by atoms with Crippen molar-refractivity contribution in [3.8, 4) is 10.4 Å². The summed E-state index contributed by atoms with van der Waals surface area (Å²) in [6.07, 6.45) is 1.03. The molecule has 1 amide bonds. The quantitative estimate of drug-likeness (QED) is 0.404. The minimum absolute atomic E-state index is 0.0386. The normalized spacial score (nSPS) is 13.0. The third-order valence-electron chi connectivity index (χ3n) is 6.00. The van der Waals surface area contributed by atoms with E-state index in [0.717, 1.165) is 32.3 Å². The summed E-state index contributed by atoms with van der Waals surface area (Å²) >= 11 is 1.49. The zero-order valence-electron chi connectivity index (χ0n) is 20.6. The first-order chi connectivity index (χ1) is 16.5. The Morgan fingerprint density at radius 1 is 1.11 bits per heavy atom. The van der Waals surface area contributed by atoms with Crippen molar-refractivity contribution >= 4 is 23.2 Å². The van der Waals surface area contributed by atoms with E-state index >= 15 is 0 Å². The molecule has 8 heteroatoms. The van der Waals surface area contributed by atoms with Gasteiger partial charge in [-0.05, 0) is 72.4 Å². The average Bonchev–Trinajstić information content (AvgIpc) is 3.23. The van der Waals surface area contributed by atoms with Crippen LogP contribution in [0.2, 0.25) is 0 Å². The van der Waals surface area contributed by atoms with Gasteiger partial charge in [-0.15, -0.1) is 11.3 Å². The molecule has 0 fully saturated rings. The summed E-state index contributed by atoms with van der Waals surface area (Å²) in [5.41, 5.74) is 3.70. The number of carbonyl (C=O) groups is 2. The number of thiophene rings is 1. The van der Waals surface area contributed by atoms with Gasteiger partial charge in [0.15, 0.2) is 0 Å². The third-order valence-corrected chi connectivity index (χ3v) is 6.97. The van der Waals surface area contributed by atoms with E-state index in [0.29, 0.717) is 12.0 Å². The molecule has 2 heterocycles. The smallest absolute Gasteiger partial charge is 0.305 e. The maximum Gasteiger partial charge on any atom is 0.305 e. The van der Waals surface area contributed by atoms with Gasteiger partial charge in [0.25, 0.3) is 5.56 Å². The number of amides is 1. The Labute approximate surface area is 208 Å². The summed E-state index contributed by atoms with van der Waals surface area (Å²) in [7, 11) is 0. The molecule has 0 saturated heterocycles. The molecule has 6 nitrogen and oxygen atoms in total. The molecule has 1 aromatic carbocycles. The highest BCUT2D eigenvalue weighted by Crippen LogP contribution is 2.35. The molecule has 0 aliphatic rings. The fourth-order valence-electron chi connectivity index (χ4n) is 4.22. The molecular weight excluding hydrogens is 467 g/mol. The van der Waals surface area contributed by atoms with Crippen LogP contribution in [-0.4, -0.2) is 21.6 Å². The summed E-state index contributed by atoms with van der Waals surface area (Å²) in [6, 6.07) is 7.34. The van der Waals surface area contributed by atoms with E-state index in [2.05, 4.69) is 5.32 Å². The number of hydrogen-bond donors (Lipinski definition) is 2. The van der Waals surface area contributed by atoms with Crippen LogP contribution in [0.5, 0.6) is 0 Å². The van der Waals surface area contributed by atoms with Gasteiger partial charge in [0.05, 0.1) is 12.5 Å². The van der Waals surface area contributed by atoms with Crippen LogP contribution in [-0.2, 0) is 9.59 Å². The van der Waals surface area contributed by atoms with Gasteiger partial charge in [-0.2, -0.15) is 0 Å². The number of carboxylic acids is 1. The number of carboxylic acid groups (broad SMARTS) is 1. The molecule has 35 heavy (non-hydrogen) atoms. The number of carbonyl (C=O) groups excluding carboxylic acids is 1. The van der Waals surface area contributed by atoms with Crippen molar-refractivity contribution in [1.82, 2.24) is 9.88 Å². The predicted molar refractivity (Wildman–Crippen MR) is 136 cm³/mol. The van der Waals surface area contributed by atoms with Crippen LogP contribution in [0.4, 0.5) is 4.39 Å². The number of nitrogens with one attached hydrogen (secondary N) is 1. The minimum atomic E-state index is -1.06. The number of nitrogens with zero attached hydrogens (tertiary/aromatic N) is 1. The van der Waals surface area contributed by atoms with Crippen molar-refractivity contribution in [2.75, 3.05) is 0 Å². The lowest BCUT2D eigenvalue weighted by atomic mass is 9.99. The molecule has 0 spiro atoms.